The number of nitrogens with one attached hydrogen (secondary N) is 1. The van der Waals surface area contributed by atoms with Crippen molar-refractivity contribution in [1.29, 1.82) is 0 Å². The first-order valence-electron chi connectivity index (χ1n) is 6.63. The van der Waals surface area contributed by atoms with Gasteiger partial charge in [-0.2, -0.15) is 16.9 Å². The van der Waals surface area contributed by atoms with Crippen LogP contribution in [0, 0.1) is 0 Å². The predicted octanol–water partition coefficient (Wildman–Crippen LogP) is 1.77. The van der Waals surface area contributed by atoms with Gasteiger partial charge in [-0.3, -0.25) is 9.58 Å². The molecule has 0 aliphatic carbocycles. The van der Waals surface area contributed by atoms with E-state index in [1.807, 2.05) is 6.20 Å². The summed E-state index contributed by atoms with van der Waals surface area (Å²) in [6, 6.07) is 3.46. The first-order chi connectivity index (χ1) is 8.65. The number of thioether (sulfide) groups is 1. The van der Waals surface area contributed by atoms with E-state index in [1.165, 1.54) is 23.7 Å². The molecular formula is C13H24N4S. The van der Waals surface area contributed by atoms with Gasteiger partial charge in [0.25, 0.3) is 0 Å². The molecule has 2 rings (SSSR count). The highest BCUT2D eigenvalue weighted by atomic mass is 32.2. The first-order valence-corrected chi connectivity index (χ1v) is 7.79. The number of likely N-dealkylation sites (N-methyl/N-ethyl adjacent to an activating group) is 2. The van der Waals surface area contributed by atoms with E-state index in [9.17, 15) is 0 Å². The Bertz CT molecular complexity index is 377. The van der Waals surface area contributed by atoms with Crippen LogP contribution in [0.2, 0.25) is 0 Å². The molecule has 5 heteroatoms. The van der Waals surface area contributed by atoms with Crippen molar-refractivity contribution in [2.45, 2.75) is 32.0 Å². The summed E-state index contributed by atoms with van der Waals surface area (Å²) in [7, 11) is 4.28. The Morgan fingerprint density at radius 2 is 2.28 bits per heavy atom. The van der Waals surface area contributed by atoms with E-state index < -0.39 is 0 Å². The van der Waals surface area contributed by atoms with E-state index in [0.717, 1.165) is 0 Å². The molecule has 0 saturated carbocycles. The summed E-state index contributed by atoms with van der Waals surface area (Å²) < 4.78 is 2.13. The third-order valence-electron chi connectivity index (χ3n) is 3.65. The van der Waals surface area contributed by atoms with E-state index >= 15 is 0 Å². The van der Waals surface area contributed by atoms with Crippen LogP contribution in [-0.2, 0) is 0 Å². The Hall–Kier alpha value is -0.520. The van der Waals surface area contributed by atoms with E-state index in [-0.39, 0.29) is 0 Å². The Balaban J connectivity index is 2.24. The molecular weight excluding hydrogens is 244 g/mol. The van der Waals surface area contributed by atoms with Gasteiger partial charge >= 0.3 is 0 Å². The number of aromatic nitrogens is 2. The average molecular weight is 268 g/mol. The van der Waals surface area contributed by atoms with Gasteiger partial charge in [-0.05, 0) is 34.0 Å². The fourth-order valence-electron chi connectivity index (χ4n) is 2.60. The highest BCUT2D eigenvalue weighted by molar-refractivity contribution is 7.99. The van der Waals surface area contributed by atoms with Gasteiger partial charge in [0.15, 0.2) is 0 Å². The van der Waals surface area contributed by atoms with Gasteiger partial charge in [-0.25, -0.2) is 0 Å². The van der Waals surface area contributed by atoms with E-state index in [1.54, 1.807) is 0 Å². The van der Waals surface area contributed by atoms with E-state index in [0.29, 0.717) is 18.1 Å². The second kappa shape index (κ2) is 6.08. The normalized spacial score (nSPS) is 23.5. The number of hydrogen-bond donors (Lipinski definition) is 1. The third kappa shape index (κ3) is 2.73. The minimum absolute atomic E-state index is 0.354. The summed E-state index contributed by atoms with van der Waals surface area (Å²) in [5, 5.41) is 7.94. The lowest BCUT2D eigenvalue weighted by atomic mass is 10.0. The fraction of sp³-hybridized carbons (Fsp3) is 0.769. The maximum Gasteiger partial charge on any atom is 0.0655 e. The zero-order valence-corrected chi connectivity index (χ0v) is 12.6. The van der Waals surface area contributed by atoms with Crippen LogP contribution in [-0.4, -0.2) is 52.9 Å². The van der Waals surface area contributed by atoms with Gasteiger partial charge in [-0.15, -0.1) is 0 Å². The van der Waals surface area contributed by atoms with Crippen LogP contribution in [0.15, 0.2) is 12.3 Å². The molecule has 2 atom stereocenters. The van der Waals surface area contributed by atoms with Crippen molar-refractivity contribution < 1.29 is 0 Å². The summed E-state index contributed by atoms with van der Waals surface area (Å²) in [5.74, 6) is 2.43. The molecule has 0 spiro atoms. The molecule has 1 aliphatic rings. The lowest BCUT2D eigenvalue weighted by Crippen LogP contribution is -2.47. The maximum absolute atomic E-state index is 4.46. The Morgan fingerprint density at radius 1 is 1.50 bits per heavy atom. The Labute approximate surface area is 114 Å². The summed E-state index contributed by atoms with van der Waals surface area (Å²) in [4.78, 5) is 2.47. The minimum atomic E-state index is 0.354. The van der Waals surface area contributed by atoms with Crippen LogP contribution < -0.4 is 5.32 Å². The number of rotatable bonds is 4. The smallest absolute Gasteiger partial charge is 0.0655 e. The van der Waals surface area contributed by atoms with E-state index in [4.69, 9.17) is 0 Å². The predicted molar refractivity (Wildman–Crippen MR) is 78.2 cm³/mol. The van der Waals surface area contributed by atoms with Crippen molar-refractivity contribution in [2.75, 3.05) is 32.1 Å². The van der Waals surface area contributed by atoms with Crippen LogP contribution in [0.5, 0.6) is 0 Å². The SMILES string of the molecule is CNC(c1ccnn1C(C)C)C1CSCCN1C. The standard InChI is InChI=1S/C13H24N4S/c1-10(2)17-11(5-6-15-17)13(14-3)12-9-18-8-7-16(12)4/h5-6,10,12-14H,7-9H2,1-4H3. The summed E-state index contributed by atoms with van der Waals surface area (Å²) in [5.41, 5.74) is 1.30. The summed E-state index contributed by atoms with van der Waals surface area (Å²) >= 11 is 2.05. The molecule has 1 aromatic heterocycles. The molecule has 0 radical (unpaired) electrons. The lowest BCUT2D eigenvalue weighted by Gasteiger charge is -2.38. The molecule has 1 aliphatic heterocycles. The molecule has 102 valence electrons. The van der Waals surface area contributed by atoms with Crippen molar-refractivity contribution in [3.8, 4) is 0 Å². The molecule has 4 nitrogen and oxygen atoms in total. The van der Waals surface area contributed by atoms with Crippen molar-refractivity contribution >= 4 is 11.8 Å². The molecule has 1 saturated heterocycles. The first kappa shape index (κ1) is 13.9. The second-order valence-electron chi connectivity index (χ2n) is 5.18. The molecule has 2 heterocycles. The molecule has 1 N–H and O–H groups in total. The van der Waals surface area contributed by atoms with Gasteiger partial charge in [0, 0.05) is 36.3 Å². The van der Waals surface area contributed by atoms with Crippen molar-refractivity contribution in [2.24, 2.45) is 0 Å². The average Bonchev–Trinajstić information content (AvgIpc) is 2.82. The van der Waals surface area contributed by atoms with Crippen molar-refractivity contribution in [3.63, 3.8) is 0 Å². The van der Waals surface area contributed by atoms with Gasteiger partial charge in [0.05, 0.1) is 11.7 Å². The van der Waals surface area contributed by atoms with Crippen LogP contribution in [0.25, 0.3) is 0 Å². The largest absolute Gasteiger partial charge is 0.310 e. The fourth-order valence-corrected chi connectivity index (χ4v) is 3.87. The summed E-state index contributed by atoms with van der Waals surface area (Å²) in [6.45, 7) is 5.54. The quantitative estimate of drug-likeness (QED) is 0.902. The molecule has 1 fully saturated rings. The highest BCUT2D eigenvalue weighted by Crippen LogP contribution is 2.27. The second-order valence-corrected chi connectivity index (χ2v) is 6.33. The monoisotopic (exact) mass is 268 g/mol. The molecule has 0 bridgehead atoms. The van der Waals surface area contributed by atoms with Crippen LogP contribution in [0.3, 0.4) is 0 Å². The van der Waals surface area contributed by atoms with Gasteiger partial charge in [-0.1, -0.05) is 0 Å². The summed E-state index contributed by atoms with van der Waals surface area (Å²) in [6.07, 6.45) is 1.91. The topological polar surface area (TPSA) is 33.1 Å². The van der Waals surface area contributed by atoms with Crippen molar-refractivity contribution in [1.82, 2.24) is 20.0 Å². The van der Waals surface area contributed by atoms with Gasteiger partial charge in [0.1, 0.15) is 0 Å². The lowest BCUT2D eigenvalue weighted by molar-refractivity contribution is 0.214. The van der Waals surface area contributed by atoms with Gasteiger partial charge in [0.2, 0.25) is 0 Å². The molecule has 0 amide bonds. The Kier molecular flexibility index (Phi) is 4.70. The molecule has 1 aromatic rings. The van der Waals surface area contributed by atoms with E-state index in [2.05, 4.69) is 65.8 Å². The van der Waals surface area contributed by atoms with Crippen LogP contribution in [0.4, 0.5) is 0 Å². The van der Waals surface area contributed by atoms with Gasteiger partial charge < -0.3 is 5.32 Å². The van der Waals surface area contributed by atoms with Crippen LogP contribution in [0.1, 0.15) is 31.6 Å². The highest BCUT2D eigenvalue weighted by Gasteiger charge is 2.30. The van der Waals surface area contributed by atoms with Crippen LogP contribution >= 0.6 is 11.8 Å². The van der Waals surface area contributed by atoms with Crippen molar-refractivity contribution in [3.05, 3.63) is 18.0 Å². The number of hydrogen-bond acceptors (Lipinski definition) is 4. The molecule has 2 unspecified atom stereocenters. The zero-order valence-electron chi connectivity index (χ0n) is 11.8. The Morgan fingerprint density at radius 3 is 2.89 bits per heavy atom. The maximum atomic E-state index is 4.46. The number of nitrogens with zero attached hydrogens (tertiary/aromatic N) is 3. The molecule has 0 aromatic carbocycles. The zero-order chi connectivity index (χ0) is 13.1. The minimum Gasteiger partial charge on any atom is -0.310 e. The third-order valence-corrected chi connectivity index (χ3v) is 4.70. The molecule has 18 heavy (non-hydrogen) atoms.